The highest BCUT2D eigenvalue weighted by Crippen LogP contribution is 2.37. The molecule has 1 saturated carbocycles. The Morgan fingerprint density at radius 2 is 2.06 bits per heavy atom. The van der Waals surface area contributed by atoms with Crippen molar-refractivity contribution >= 4 is 11.9 Å². The van der Waals surface area contributed by atoms with Gasteiger partial charge < -0.3 is 10.0 Å². The van der Waals surface area contributed by atoms with Gasteiger partial charge in [-0.05, 0) is 38.0 Å². The molecule has 1 aliphatic heterocycles. The molecule has 18 heavy (non-hydrogen) atoms. The van der Waals surface area contributed by atoms with Crippen LogP contribution in [-0.2, 0) is 9.59 Å². The highest BCUT2D eigenvalue weighted by molar-refractivity contribution is 5.87. The first-order valence-electron chi connectivity index (χ1n) is 7.14. The minimum atomic E-state index is -0.907. The van der Waals surface area contributed by atoms with E-state index in [1.807, 2.05) is 6.92 Å². The zero-order valence-corrected chi connectivity index (χ0v) is 11.2. The Morgan fingerprint density at radius 1 is 1.33 bits per heavy atom. The van der Waals surface area contributed by atoms with Gasteiger partial charge in [-0.25, -0.2) is 4.79 Å². The predicted molar refractivity (Wildman–Crippen MR) is 68.2 cm³/mol. The molecular weight excluding hydrogens is 230 g/mol. The van der Waals surface area contributed by atoms with Gasteiger partial charge in [-0.15, -0.1) is 0 Å². The van der Waals surface area contributed by atoms with Gasteiger partial charge in [0.1, 0.15) is 5.54 Å². The van der Waals surface area contributed by atoms with E-state index in [0.717, 1.165) is 25.7 Å². The molecule has 1 heterocycles. The molecule has 1 aliphatic carbocycles. The topological polar surface area (TPSA) is 57.6 Å². The highest BCUT2D eigenvalue weighted by Gasteiger charge is 2.49. The molecule has 0 aromatic rings. The fourth-order valence-corrected chi connectivity index (χ4v) is 3.30. The quantitative estimate of drug-likeness (QED) is 0.818. The third-order valence-corrected chi connectivity index (χ3v) is 4.54. The number of carbonyl (C=O) groups excluding carboxylic acids is 1. The van der Waals surface area contributed by atoms with E-state index in [9.17, 15) is 14.7 Å². The lowest BCUT2D eigenvalue weighted by molar-refractivity contribution is -0.157. The summed E-state index contributed by atoms with van der Waals surface area (Å²) in [4.78, 5) is 25.6. The minimum Gasteiger partial charge on any atom is -0.479 e. The van der Waals surface area contributed by atoms with Crippen molar-refractivity contribution in [2.45, 2.75) is 63.8 Å². The maximum absolute atomic E-state index is 12.3. The third-order valence-electron chi connectivity index (χ3n) is 4.54. The number of nitrogens with zero attached hydrogens (tertiary/aromatic N) is 1. The number of amides is 1. The van der Waals surface area contributed by atoms with Crippen molar-refractivity contribution in [2.24, 2.45) is 5.92 Å². The van der Waals surface area contributed by atoms with E-state index in [1.165, 1.54) is 6.42 Å². The largest absolute Gasteiger partial charge is 0.479 e. The number of hydrogen-bond acceptors (Lipinski definition) is 2. The van der Waals surface area contributed by atoms with Gasteiger partial charge in [0.2, 0.25) is 5.91 Å². The van der Waals surface area contributed by atoms with Crippen molar-refractivity contribution in [1.82, 2.24) is 4.90 Å². The maximum Gasteiger partial charge on any atom is 0.329 e. The minimum absolute atomic E-state index is 0.0630. The van der Waals surface area contributed by atoms with Crippen LogP contribution in [0.4, 0.5) is 0 Å². The first kappa shape index (κ1) is 13.4. The fraction of sp³-hybridized carbons (Fsp3) is 0.857. The van der Waals surface area contributed by atoms with Crippen molar-refractivity contribution in [3.63, 3.8) is 0 Å². The monoisotopic (exact) mass is 253 g/mol. The number of hydrogen-bond donors (Lipinski definition) is 1. The summed E-state index contributed by atoms with van der Waals surface area (Å²) in [5, 5.41) is 9.53. The fourth-order valence-electron chi connectivity index (χ4n) is 3.30. The lowest BCUT2D eigenvalue weighted by Crippen LogP contribution is -2.53. The van der Waals surface area contributed by atoms with Gasteiger partial charge in [0.05, 0.1) is 0 Å². The Balaban J connectivity index is 2.08. The summed E-state index contributed by atoms with van der Waals surface area (Å²) in [5.41, 5.74) is -0.907. The Labute approximate surface area is 108 Å². The zero-order chi connectivity index (χ0) is 13.2. The van der Waals surface area contributed by atoms with Crippen LogP contribution in [0.2, 0.25) is 0 Å². The van der Waals surface area contributed by atoms with Crippen molar-refractivity contribution in [3.05, 3.63) is 0 Å². The molecule has 2 rings (SSSR count). The van der Waals surface area contributed by atoms with E-state index in [0.29, 0.717) is 31.7 Å². The summed E-state index contributed by atoms with van der Waals surface area (Å²) >= 11 is 0. The Bertz CT molecular complexity index is 338. The molecule has 0 aromatic heterocycles. The van der Waals surface area contributed by atoms with Crippen LogP contribution < -0.4 is 0 Å². The zero-order valence-electron chi connectivity index (χ0n) is 11.2. The summed E-state index contributed by atoms with van der Waals surface area (Å²) < 4.78 is 0. The summed E-state index contributed by atoms with van der Waals surface area (Å²) in [6, 6.07) is 0. The second kappa shape index (κ2) is 5.29. The second-order valence-corrected chi connectivity index (χ2v) is 5.74. The molecule has 4 nitrogen and oxygen atoms in total. The van der Waals surface area contributed by atoms with E-state index in [2.05, 4.69) is 0 Å². The molecule has 0 bridgehead atoms. The number of carboxylic acids is 1. The maximum atomic E-state index is 12.3. The number of carbonyl (C=O) groups is 2. The smallest absolute Gasteiger partial charge is 0.329 e. The van der Waals surface area contributed by atoms with E-state index in [4.69, 9.17) is 0 Å². The number of rotatable bonds is 5. The van der Waals surface area contributed by atoms with Gasteiger partial charge in [0, 0.05) is 13.0 Å². The van der Waals surface area contributed by atoms with Gasteiger partial charge in [0.25, 0.3) is 0 Å². The van der Waals surface area contributed by atoms with E-state index >= 15 is 0 Å². The molecule has 2 aliphatic rings. The third kappa shape index (κ3) is 2.25. The van der Waals surface area contributed by atoms with Gasteiger partial charge in [-0.2, -0.15) is 0 Å². The van der Waals surface area contributed by atoms with Crippen molar-refractivity contribution in [2.75, 3.05) is 6.54 Å². The molecule has 1 unspecified atom stereocenters. The molecule has 102 valence electrons. The Kier molecular flexibility index (Phi) is 3.93. The van der Waals surface area contributed by atoms with Gasteiger partial charge >= 0.3 is 5.97 Å². The Morgan fingerprint density at radius 3 is 2.56 bits per heavy atom. The molecule has 0 spiro atoms. The summed E-state index contributed by atoms with van der Waals surface area (Å²) in [7, 11) is 0. The Hall–Kier alpha value is -1.06. The van der Waals surface area contributed by atoms with Crippen LogP contribution in [-0.4, -0.2) is 34.0 Å². The number of aliphatic carboxylic acids is 1. The standard InChI is InChI=1S/C14H23NO3/c1-2-7-14(13(17)18)8-4-9-15(14)12(16)10-11-5-3-6-11/h11H,2-10H2,1H3,(H,17,18). The van der Waals surface area contributed by atoms with Crippen LogP contribution in [0.3, 0.4) is 0 Å². The molecule has 1 saturated heterocycles. The summed E-state index contributed by atoms with van der Waals surface area (Å²) in [5.74, 6) is -0.247. The molecule has 0 radical (unpaired) electrons. The lowest BCUT2D eigenvalue weighted by Gasteiger charge is -2.36. The molecule has 1 N–H and O–H groups in total. The second-order valence-electron chi connectivity index (χ2n) is 5.74. The van der Waals surface area contributed by atoms with Crippen LogP contribution in [0.15, 0.2) is 0 Å². The molecule has 1 atom stereocenters. The van der Waals surface area contributed by atoms with Crippen molar-refractivity contribution < 1.29 is 14.7 Å². The normalized spacial score (nSPS) is 28.2. The lowest BCUT2D eigenvalue weighted by atomic mass is 9.82. The average molecular weight is 253 g/mol. The number of likely N-dealkylation sites (tertiary alicyclic amines) is 1. The average Bonchev–Trinajstić information content (AvgIpc) is 2.69. The molecule has 2 fully saturated rings. The summed E-state index contributed by atoms with van der Waals surface area (Å²) in [6.07, 6.45) is 6.87. The SMILES string of the molecule is CCCC1(C(=O)O)CCCN1C(=O)CC1CCC1. The molecular formula is C14H23NO3. The van der Waals surface area contributed by atoms with Crippen LogP contribution in [0.5, 0.6) is 0 Å². The van der Waals surface area contributed by atoms with Crippen LogP contribution in [0, 0.1) is 5.92 Å². The van der Waals surface area contributed by atoms with Crippen molar-refractivity contribution in [1.29, 1.82) is 0 Å². The van der Waals surface area contributed by atoms with Gasteiger partial charge in [0.15, 0.2) is 0 Å². The van der Waals surface area contributed by atoms with E-state index in [-0.39, 0.29) is 5.91 Å². The van der Waals surface area contributed by atoms with E-state index < -0.39 is 11.5 Å². The molecule has 0 aromatic carbocycles. The van der Waals surface area contributed by atoms with Crippen LogP contribution in [0.1, 0.15) is 58.3 Å². The molecule has 1 amide bonds. The predicted octanol–water partition coefficient (Wildman–Crippen LogP) is 2.42. The van der Waals surface area contributed by atoms with Gasteiger partial charge in [-0.1, -0.05) is 19.8 Å². The van der Waals surface area contributed by atoms with Crippen LogP contribution >= 0.6 is 0 Å². The first-order valence-corrected chi connectivity index (χ1v) is 7.14. The summed E-state index contributed by atoms with van der Waals surface area (Å²) in [6.45, 7) is 2.61. The first-order chi connectivity index (χ1) is 8.60. The highest BCUT2D eigenvalue weighted by atomic mass is 16.4. The molecule has 4 heteroatoms. The number of carboxylic acid groups (broad SMARTS) is 1. The van der Waals surface area contributed by atoms with Crippen LogP contribution in [0.25, 0.3) is 0 Å². The van der Waals surface area contributed by atoms with Crippen molar-refractivity contribution in [3.8, 4) is 0 Å². The van der Waals surface area contributed by atoms with Gasteiger partial charge in [-0.3, -0.25) is 4.79 Å². The van der Waals surface area contributed by atoms with E-state index in [1.54, 1.807) is 4.90 Å².